The Bertz CT molecular complexity index is 95.0. The van der Waals surface area contributed by atoms with Crippen LogP contribution in [0.3, 0.4) is 0 Å². The minimum atomic E-state index is 0.352. The quantitative estimate of drug-likeness (QED) is 0.465. The summed E-state index contributed by atoms with van der Waals surface area (Å²) in [6.45, 7) is 4.04. The second-order valence-electron chi connectivity index (χ2n) is 2.78. The molecule has 0 bridgehead atoms. The van der Waals surface area contributed by atoms with Crippen LogP contribution in [0.4, 0.5) is 0 Å². The van der Waals surface area contributed by atoms with Crippen LogP contribution in [-0.2, 0) is 4.79 Å². The molecular weight excluding hydrogens is 100 g/mol. The van der Waals surface area contributed by atoms with Crippen molar-refractivity contribution < 1.29 is 4.79 Å². The molecule has 0 heterocycles. The number of hydrogen-bond acceptors (Lipinski definition) is 1. The van der Waals surface area contributed by atoms with Gasteiger partial charge in [-0.2, -0.15) is 0 Å². The molecule has 1 aliphatic rings. The zero-order valence-electron chi connectivity index (χ0n) is 5.48. The first kappa shape index (κ1) is 5.80. The fraction of sp³-hybridized carbons (Fsp3) is 0.857. The van der Waals surface area contributed by atoms with Crippen LogP contribution in [0.5, 0.6) is 0 Å². The fourth-order valence-electron chi connectivity index (χ4n) is 1.27. The van der Waals surface area contributed by atoms with Crippen LogP contribution in [0.25, 0.3) is 0 Å². The van der Waals surface area contributed by atoms with Crippen LogP contribution in [-0.4, -0.2) is 5.78 Å². The first-order valence-electron chi connectivity index (χ1n) is 3.25. The SMILES string of the molecule is CC1CCC(C)C1=O. The Hall–Kier alpha value is -0.330. The molecule has 1 fully saturated rings. The highest BCUT2D eigenvalue weighted by Gasteiger charge is 2.26. The highest BCUT2D eigenvalue weighted by atomic mass is 16.1. The number of ketones is 1. The molecule has 2 unspecified atom stereocenters. The largest absolute Gasteiger partial charge is 0.299 e. The van der Waals surface area contributed by atoms with E-state index in [1.807, 2.05) is 13.8 Å². The third kappa shape index (κ3) is 0.770. The molecule has 0 aromatic carbocycles. The molecule has 0 N–H and O–H groups in total. The maximum absolute atomic E-state index is 10.9. The van der Waals surface area contributed by atoms with Crippen molar-refractivity contribution in [3.63, 3.8) is 0 Å². The molecule has 1 heteroatoms. The van der Waals surface area contributed by atoms with Crippen molar-refractivity contribution >= 4 is 5.78 Å². The number of hydrogen-bond donors (Lipinski definition) is 0. The second-order valence-corrected chi connectivity index (χ2v) is 2.78. The van der Waals surface area contributed by atoms with Gasteiger partial charge in [-0.05, 0) is 12.8 Å². The van der Waals surface area contributed by atoms with E-state index in [9.17, 15) is 4.79 Å². The van der Waals surface area contributed by atoms with E-state index < -0.39 is 0 Å². The molecule has 46 valence electrons. The Morgan fingerprint density at radius 3 is 1.75 bits per heavy atom. The summed E-state index contributed by atoms with van der Waals surface area (Å²) in [5, 5.41) is 0. The lowest BCUT2D eigenvalue weighted by Gasteiger charge is -1.96. The lowest BCUT2D eigenvalue weighted by molar-refractivity contribution is -0.122. The maximum Gasteiger partial charge on any atom is 0.138 e. The molecule has 0 spiro atoms. The zero-order valence-corrected chi connectivity index (χ0v) is 5.48. The summed E-state index contributed by atoms with van der Waals surface area (Å²) >= 11 is 0. The summed E-state index contributed by atoms with van der Waals surface area (Å²) in [6, 6.07) is 0. The van der Waals surface area contributed by atoms with Gasteiger partial charge in [0.1, 0.15) is 5.78 Å². The number of Topliss-reactive ketones (excluding diaryl/α,β-unsaturated/α-hetero) is 1. The van der Waals surface area contributed by atoms with E-state index in [-0.39, 0.29) is 0 Å². The Morgan fingerprint density at radius 2 is 1.62 bits per heavy atom. The minimum Gasteiger partial charge on any atom is -0.299 e. The van der Waals surface area contributed by atoms with Crippen molar-refractivity contribution in [2.24, 2.45) is 11.8 Å². The summed E-state index contributed by atoms with van der Waals surface area (Å²) in [5.74, 6) is 1.17. The first-order chi connectivity index (χ1) is 3.72. The van der Waals surface area contributed by atoms with Gasteiger partial charge in [-0.3, -0.25) is 4.79 Å². The number of carbonyl (C=O) groups excluding carboxylic acids is 1. The van der Waals surface area contributed by atoms with Gasteiger partial charge in [-0.1, -0.05) is 13.8 Å². The summed E-state index contributed by atoms with van der Waals surface area (Å²) in [5.41, 5.74) is 0. The molecule has 0 saturated heterocycles. The van der Waals surface area contributed by atoms with Crippen molar-refractivity contribution in [2.45, 2.75) is 26.7 Å². The highest BCUT2D eigenvalue weighted by Crippen LogP contribution is 2.25. The summed E-state index contributed by atoms with van der Waals surface area (Å²) < 4.78 is 0. The first-order valence-corrected chi connectivity index (χ1v) is 3.25. The van der Waals surface area contributed by atoms with Crippen molar-refractivity contribution in [1.82, 2.24) is 0 Å². The van der Waals surface area contributed by atoms with E-state index >= 15 is 0 Å². The standard InChI is InChI=1S/C7H12O/c1-5-3-4-6(2)7(5)8/h5-6H,3-4H2,1-2H3. The van der Waals surface area contributed by atoms with Gasteiger partial charge in [0.2, 0.25) is 0 Å². The Balaban J connectivity index is 2.57. The topological polar surface area (TPSA) is 17.1 Å². The monoisotopic (exact) mass is 112 g/mol. The summed E-state index contributed by atoms with van der Waals surface area (Å²) in [6.07, 6.45) is 2.22. The predicted octanol–water partition coefficient (Wildman–Crippen LogP) is 1.62. The van der Waals surface area contributed by atoms with Crippen LogP contribution < -0.4 is 0 Å². The van der Waals surface area contributed by atoms with Crippen LogP contribution in [0, 0.1) is 11.8 Å². The van der Waals surface area contributed by atoms with Crippen molar-refractivity contribution in [3.05, 3.63) is 0 Å². The van der Waals surface area contributed by atoms with E-state index in [1.165, 1.54) is 0 Å². The zero-order chi connectivity index (χ0) is 6.15. The van der Waals surface area contributed by atoms with Crippen LogP contribution in [0.2, 0.25) is 0 Å². The molecule has 0 amide bonds. The second kappa shape index (κ2) is 1.88. The van der Waals surface area contributed by atoms with Crippen LogP contribution >= 0.6 is 0 Å². The third-order valence-corrected chi connectivity index (χ3v) is 2.00. The van der Waals surface area contributed by atoms with Gasteiger partial charge in [0.25, 0.3) is 0 Å². The molecular formula is C7H12O. The molecule has 1 nitrogen and oxygen atoms in total. The van der Waals surface area contributed by atoms with Gasteiger partial charge in [0.05, 0.1) is 0 Å². The minimum absolute atomic E-state index is 0.352. The average molecular weight is 112 g/mol. The molecule has 8 heavy (non-hydrogen) atoms. The fourth-order valence-corrected chi connectivity index (χ4v) is 1.27. The van der Waals surface area contributed by atoms with E-state index in [4.69, 9.17) is 0 Å². The predicted molar refractivity (Wildman–Crippen MR) is 32.6 cm³/mol. The normalized spacial score (nSPS) is 38.5. The van der Waals surface area contributed by atoms with Crippen molar-refractivity contribution in [3.8, 4) is 0 Å². The lowest BCUT2D eigenvalue weighted by atomic mass is 10.1. The smallest absolute Gasteiger partial charge is 0.138 e. The molecule has 1 aliphatic carbocycles. The van der Waals surface area contributed by atoms with Gasteiger partial charge in [-0.25, -0.2) is 0 Å². The van der Waals surface area contributed by atoms with Gasteiger partial charge >= 0.3 is 0 Å². The van der Waals surface area contributed by atoms with E-state index in [1.54, 1.807) is 0 Å². The summed E-state index contributed by atoms with van der Waals surface area (Å²) in [7, 11) is 0. The van der Waals surface area contributed by atoms with Crippen molar-refractivity contribution in [2.75, 3.05) is 0 Å². The number of carbonyl (C=O) groups is 1. The van der Waals surface area contributed by atoms with Gasteiger partial charge in [0, 0.05) is 11.8 Å². The van der Waals surface area contributed by atoms with Gasteiger partial charge in [-0.15, -0.1) is 0 Å². The van der Waals surface area contributed by atoms with Crippen LogP contribution in [0.15, 0.2) is 0 Å². The third-order valence-electron chi connectivity index (χ3n) is 2.00. The van der Waals surface area contributed by atoms with Gasteiger partial charge in [0.15, 0.2) is 0 Å². The van der Waals surface area contributed by atoms with E-state index in [0.29, 0.717) is 17.6 Å². The molecule has 0 radical (unpaired) electrons. The van der Waals surface area contributed by atoms with E-state index in [0.717, 1.165) is 12.8 Å². The Kier molecular flexibility index (Phi) is 1.37. The Morgan fingerprint density at radius 1 is 1.25 bits per heavy atom. The average Bonchev–Trinajstić information content (AvgIpc) is 1.98. The molecule has 1 rings (SSSR count). The molecule has 1 saturated carbocycles. The van der Waals surface area contributed by atoms with Crippen molar-refractivity contribution in [1.29, 1.82) is 0 Å². The summed E-state index contributed by atoms with van der Waals surface area (Å²) in [4.78, 5) is 10.9. The van der Waals surface area contributed by atoms with Gasteiger partial charge < -0.3 is 0 Å². The van der Waals surface area contributed by atoms with E-state index in [2.05, 4.69) is 0 Å². The Labute approximate surface area is 50.1 Å². The molecule has 0 aromatic rings. The van der Waals surface area contributed by atoms with Crippen LogP contribution in [0.1, 0.15) is 26.7 Å². The maximum atomic E-state index is 10.9. The molecule has 0 aliphatic heterocycles. The molecule has 0 aromatic heterocycles. The molecule has 2 atom stereocenters. The number of rotatable bonds is 0. The highest BCUT2D eigenvalue weighted by molar-refractivity contribution is 5.84. The lowest BCUT2D eigenvalue weighted by Crippen LogP contribution is -2.07.